The van der Waals surface area contributed by atoms with Gasteiger partial charge in [-0.15, -0.1) is 0 Å². The van der Waals surface area contributed by atoms with Gasteiger partial charge in [0.2, 0.25) is 5.91 Å². The van der Waals surface area contributed by atoms with Gasteiger partial charge in [0.05, 0.1) is 17.8 Å². The monoisotopic (exact) mass is 385 g/mol. The zero-order chi connectivity index (χ0) is 20.3. The van der Waals surface area contributed by atoms with Crippen molar-refractivity contribution in [3.05, 3.63) is 30.0 Å². The predicted octanol–water partition coefficient (Wildman–Crippen LogP) is 0.712. The number of aromatic nitrogens is 4. The molecule has 0 spiro atoms. The highest BCUT2D eigenvalue weighted by Crippen LogP contribution is 2.27. The zero-order valence-electron chi connectivity index (χ0n) is 16.8. The van der Waals surface area contributed by atoms with Crippen molar-refractivity contribution in [1.29, 1.82) is 0 Å². The molecule has 3 amide bonds. The lowest BCUT2D eigenvalue weighted by atomic mass is 9.91. The summed E-state index contributed by atoms with van der Waals surface area (Å²) in [5.41, 5.74) is 3.54. The third kappa shape index (κ3) is 4.13. The van der Waals surface area contributed by atoms with Crippen molar-refractivity contribution in [2.45, 2.75) is 19.8 Å². The molecule has 0 aliphatic carbocycles. The second kappa shape index (κ2) is 8.37. The number of hydrogen-bond acceptors (Lipinski definition) is 5. The highest BCUT2D eigenvalue weighted by atomic mass is 16.2. The van der Waals surface area contributed by atoms with Crippen molar-refractivity contribution < 1.29 is 9.59 Å². The summed E-state index contributed by atoms with van der Waals surface area (Å²) in [6, 6.07) is -0.0979. The average Bonchev–Trinajstić information content (AvgIpc) is 3.07. The summed E-state index contributed by atoms with van der Waals surface area (Å²) in [5.74, 6) is -0.433. The summed E-state index contributed by atoms with van der Waals surface area (Å²) in [5, 5.41) is 7.14. The van der Waals surface area contributed by atoms with Crippen LogP contribution in [0.2, 0.25) is 0 Å². The standard InChI is InChI=1S/C19H27N7O2/c1-5-20-18(27)13-8-15-16(6-7-26(11-13)19(28)24(2)3)21-12-22-17(15)14-9-23-25(4)10-14/h9-10,12-13H,5-8,11H2,1-4H3,(H,20,27)/t13-/m1/s1. The molecule has 9 heteroatoms. The molecule has 2 aromatic heterocycles. The summed E-state index contributed by atoms with van der Waals surface area (Å²) in [4.78, 5) is 37.5. The molecule has 0 unspecified atom stereocenters. The molecule has 3 rings (SSSR count). The second-order valence-corrected chi connectivity index (χ2v) is 7.22. The van der Waals surface area contributed by atoms with Gasteiger partial charge >= 0.3 is 6.03 Å². The fraction of sp³-hybridized carbons (Fsp3) is 0.526. The Morgan fingerprint density at radius 1 is 1.32 bits per heavy atom. The molecule has 1 aliphatic heterocycles. The maximum Gasteiger partial charge on any atom is 0.319 e. The van der Waals surface area contributed by atoms with Crippen molar-refractivity contribution in [3.8, 4) is 11.3 Å². The maximum absolute atomic E-state index is 12.7. The molecule has 1 N–H and O–H groups in total. The number of aryl methyl sites for hydroxylation is 1. The molecule has 3 heterocycles. The predicted molar refractivity (Wildman–Crippen MR) is 104 cm³/mol. The first-order valence-corrected chi connectivity index (χ1v) is 9.46. The first-order valence-electron chi connectivity index (χ1n) is 9.46. The summed E-state index contributed by atoms with van der Waals surface area (Å²) < 4.78 is 1.73. The Kier molecular flexibility index (Phi) is 5.91. The van der Waals surface area contributed by atoms with Gasteiger partial charge in [0, 0.05) is 70.2 Å². The minimum atomic E-state index is -0.371. The van der Waals surface area contributed by atoms with Crippen LogP contribution in [0.25, 0.3) is 11.3 Å². The Hall–Kier alpha value is -2.97. The molecule has 1 atom stereocenters. The number of carbonyl (C=O) groups is 2. The minimum Gasteiger partial charge on any atom is -0.356 e. The number of nitrogens with one attached hydrogen (secondary N) is 1. The quantitative estimate of drug-likeness (QED) is 0.840. The normalized spacial score (nSPS) is 16.7. The first-order chi connectivity index (χ1) is 13.4. The van der Waals surface area contributed by atoms with Gasteiger partial charge in [-0.3, -0.25) is 9.48 Å². The molecule has 0 saturated carbocycles. The van der Waals surface area contributed by atoms with Crippen LogP contribution in [-0.2, 0) is 24.7 Å². The fourth-order valence-corrected chi connectivity index (χ4v) is 3.53. The van der Waals surface area contributed by atoms with E-state index in [1.807, 2.05) is 20.2 Å². The topological polar surface area (TPSA) is 96.3 Å². The van der Waals surface area contributed by atoms with E-state index in [-0.39, 0.29) is 17.9 Å². The van der Waals surface area contributed by atoms with Gasteiger partial charge in [-0.05, 0) is 13.3 Å². The lowest BCUT2D eigenvalue weighted by Crippen LogP contribution is -2.47. The molecule has 0 radical (unpaired) electrons. The number of nitrogens with zero attached hydrogens (tertiary/aromatic N) is 6. The summed E-state index contributed by atoms with van der Waals surface area (Å²) in [6.45, 7) is 3.30. The van der Waals surface area contributed by atoms with Gasteiger partial charge in [0.1, 0.15) is 6.33 Å². The number of carbonyl (C=O) groups excluding carboxylic acids is 2. The molecule has 0 fully saturated rings. The number of hydrogen-bond donors (Lipinski definition) is 1. The lowest BCUT2D eigenvalue weighted by molar-refractivity contribution is -0.125. The van der Waals surface area contributed by atoms with Crippen molar-refractivity contribution in [3.63, 3.8) is 0 Å². The number of urea groups is 1. The van der Waals surface area contributed by atoms with E-state index >= 15 is 0 Å². The Bertz CT molecular complexity index is 862. The third-order valence-corrected chi connectivity index (χ3v) is 4.90. The van der Waals surface area contributed by atoms with Gasteiger partial charge in [-0.1, -0.05) is 0 Å². The van der Waals surface area contributed by atoms with E-state index in [1.54, 1.807) is 41.1 Å². The fourth-order valence-electron chi connectivity index (χ4n) is 3.53. The Morgan fingerprint density at radius 3 is 2.75 bits per heavy atom. The van der Waals surface area contributed by atoms with Crippen LogP contribution in [0, 0.1) is 5.92 Å². The molecule has 0 bridgehead atoms. The minimum absolute atomic E-state index is 0.0621. The van der Waals surface area contributed by atoms with Crippen LogP contribution in [-0.4, -0.2) is 75.2 Å². The van der Waals surface area contributed by atoms with Crippen LogP contribution in [0.15, 0.2) is 18.7 Å². The highest BCUT2D eigenvalue weighted by Gasteiger charge is 2.30. The number of fused-ring (bicyclic) bond motifs is 1. The Balaban J connectivity index is 2.01. The molecular formula is C19H27N7O2. The van der Waals surface area contributed by atoms with Crippen molar-refractivity contribution in [1.82, 2.24) is 34.9 Å². The van der Waals surface area contributed by atoms with E-state index in [1.165, 1.54) is 0 Å². The first kappa shape index (κ1) is 19.8. The van der Waals surface area contributed by atoms with E-state index in [0.29, 0.717) is 32.5 Å². The molecule has 1 aliphatic rings. The third-order valence-electron chi connectivity index (χ3n) is 4.90. The van der Waals surface area contributed by atoms with Gasteiger partial charge in [0.15, 0.2) is 0 Å². The molecule has 28 heavy (non-hydrogen) atoms. The summed E-state index contributed by atoms with van der Waals surface area (Å²) >= 11 is 0. The number of rotatable bonds is 3. The van der Waals surface area contributed by atoms with Crippen molar-refractivity contribution >= 4 is 11.9 Å². The van der Waals surface area contributed by atoms with Gasteiger partial charge < -0.3 is 15.1 Å². The Labute approximate surface area is 164 Å². The molecule has 0 saturated heterocycles. The largest absolute Gasteiger partial charge is 0.356 e. The van der Waals surface area contributed by atoms with E-state index < -0.39 is 0 Å². The SMILES string of the molecule is CCNC(=O)[C@@H]1Cc2c(ncnc2-c2cnn(C)c2)CCN(C(=O)N(C)C)C1. The lowest BCUT2D eigenvalue weighted by Gasteiger charge is -2.32. The van der Waals surface area contributed by atoms with E-state index in [0.717, 1.165) is 22.5 Å². The molecular weight excluding hydrogens is 358 g/mol. The van der Waals surface area contributed by atoms with Crippen LogP contribution in [0.5, 0.6) is 0 Å². The molecule has 150 valence electrons. The number of amides is 3. The van der Waals surface area contributed by atoms with Crippen molar-refractivity contribution in [2.24, 2.45) is 13.0 Å². The zero-order valence-corrected chi connectivity index (χ0v) is 16.8. The van der Waals surface area contributed by atoms with Crippen LogP contribution >= 0.6 is 0 Å². The van der Waals surface area contributed by atoms with Crippen molar-refractivity contribution in [2.75, 3.05) is 33.7 Å². The van der Waals surface area contributed by atoms with E-state index in [4.69, 9.17) is 0 Å². The average molecular weight is 385 g/mol. The van der Waals surface area contributed by atoms with E-state index in [2.05, 4.69) is 20.4 Å². The molecule has 2 aromatic rings. The summed E-state index contributed by atoms with van der Waals surface area (Å²) in [6.07, 6.45) is 6.31. The Morgan fingerprint density at radius 2 is 2.11 bits per heavy atom. The van der Waals surface area contributed by atoms with Gasteiger partial charge in [-0.25, -0.2) is 14.8 Å². The van der Waals surface area contributed by atoms with Crippen LogP contribution in [0.4, 0.5) is 4.79 Å². The second-order valence-electron chi connectivity index (χ2n) is 7.22. The summed E-state index contributed by atoms with van der Waals surface area (Å²) in [7, 11) is 5.30. The van der Waals surface area contributed by atoms with Crippen LogP contribution in [0.3, 0.4) is 0 Å². The highest BCUT2D eigenvalue weighted by molar-refractivity contribution is 5.81. The van der Waals surface area contributed by atoms with Crippen LogP contribution < -0.4 is 5.32 Å². The molecule has 0 aromatic carbocycles. The van der Waals surface area contributed by atoms with E-state index in [9.17, 15) is 9.59 Å². The van der Waals surface area contributed by atoms with Gasteiger partial charge in [0.25, 0.3) is 0 Å². The van der Waals surface area contributed by atoms with Gasteiger partial charge in [-0.2, -0.15) is 5.10 Å². The van der Waals surface area contributed by atoms with Crippen LogP contribution in [0.1, 0.15) is 18.2 Å². The molecule has 9 nitrogen and oxygen atoms in total. The maximum atomic E-state index is 12.7. The smallest absolute Gasteiger partial charge is 0.319 e.